The molecular formula is C31H51N3O14. The Morgan fingerprint density at radius 2 is 1.21 bits per heavy atom. The lowest BCUT2D eigenvalue weighted by molar-refractivity contribution is -0.220. The van der Waals surface area contributed by atoms with E-state index in [4.69, 9.17) is 47.4 Å². The van der Waals surface area contributed by atoms with E-state index in [1.165, 1.54) is 28.3 Å². The van der Waals surface area contributed by atoms with Crippen molar-refractivity contribution in [3.63, 3.8) is 0 Å². The maximum absolute atomic E-state index is 13.4. The molecule has 0 aromatic rings. The summed E-state index contributed by atoms with van der Waals surface area (Å²) in [5.74, 6) is -3.63. The van der Waals surface area contributed by atoms with Crippen LogP contribution in [-0.2, 0) is 61.8 Å². The average molecular weight is 690 g/mol. The highest BCUT2D eigenvalue weighted by Gasteiger charge is 2.58. The van der Waals surface area contributed by atoms with Crippen molar-refractivity contribution >= 4 is 23.9 Å². The molecule has 0 bridgehead atoms. The molecule has 4 aliphatic heterocycles. The quantitative estimate of drug-likeness (QED) is 0.241. The van der Waals surface area contributed by atoms with Gasteiger partial charge in [-0.2, -0.15) is 0 Å². The second kappa shape index (κ2) is 14.7. The van der Waals surface area contributed by atoms with Gasteiger partial charge in [0.25, 0.3) is 0 Å². The van der Waals surface area contributed by atoms with Crippen LogP contribution in [0.1, 0.15) is 68.2 Å². The first kappa shape index (κ1) is 38.2. The van der Waals surface area contributed by atoms with Gasteiger partial charge in [-0.1, -0.05) is 0 Å². The molecule has 0 saturated carbocycles. The monoisotopic (exact) mass is 689 g/mol. The molecule has 4 aliphatic rings. The summed E-state index contributed by atoms with van der Waals surface area (Å²) in [5.41, 5.74) is -0.813. The van der Waals surface area contributed by atoms with Crippen molar-refractivity contribution in [3.05, 3.63) is 0 Å². The minimum Gasteiger partial charge on any atom is -0.469 e. The van der Waals surface area contributed by atoms with Crippen LogP contribution in [0.25, 0.3) is 0 Å². The molecule has 0 unspecified atom stereocenters. The van der Waals surface area contributed by atoms with Crippen LogP contribution in [0.15, 0.2) is 0 Å². The van der Waals surface area contributed by atoms with Crippen LogP contribution in [0.4, 0.5) is 4.79 Å². The van der Waals surface area contributed by atoms with Crippen molar-refractivity contribution in [1.29, 1.82) is 0 Å². The van der Waals surface area contributed by atoms with Gasteiger partial charge in [0.05, 0.1) is 25.6 Å². The Labute approximate surface area is 280 Å². The predicted molar refractivity (Wildman–Crippen MR) is 163 cm³/mol. The molecule has 0 spiro atoms. The van der Waals surface area contributed by atoms with E-state index in [0.717, 1.165) is 0 Å². The minimum absolute atomic E-state index is 0.251. The number of nitrogens with one attached hydrogen (secondary N) is 3. The SMILES string of the molecule is COC(=O)C[C@@H](NC(=O)[C@H](C)NC(=O)C[C@@H](NC(=O)OC(C)(C)C)[C@H]1O[C@@H]2OC(C)(C)O[C@@H]2[C@H]1OC)[C@H]1O[C@@H]2OC(C)(C)O[C@@H]2[C@H]1OC. The van der Waals surface area contributed by atoms with Gasteiger partial charge in [-0.3, -0.25) is 14.4 Å². The highest BCUT2D eigenvalue weighted by molar-refractivity contribution is 5.88. The Bertz CT molecular complexity index is 1190. The predicted octanol–water partition coefficient (Wildman–Crippen LogP) is 0.605. The highest BCUT2D eigenvalue weighted by atomic mass is 16.9. The van der Waals surface area contributed by atoms with E-state index in [-0.39, 0.29) is 12.8 Å². The number of hydrogen-bond donors (Lipinski definition) is 3. The smallest absolute Gasteiger partial charge is 0.407 e. The second-order valence-corrected chi connectivity index (χ2v) is 14.2. The first-order valence-corrected chi connectivity index (χ1v) is 16.0. The lowest BCUT2D eigenvalue weighted by Crippen LogP contribution is -2.56. The van der Waals surface area contributed by atoms with Gasteiger partial charge in [-0.25, -0.2) is 4.79 Å². The number of carbonyl (C=O) groups excluding carboxylic acids is 4. The zero-order valence-electron chi connectivity index (χ0n) is 29.5. The molecule has 4 heterocycles. The Morgan fingerprint density at radius 3 is 1.65 bits per heavy atom. The van der Waals surface area contributed by atoms with E-state index < -0.39 is 108 Å². The molecule has 3 N–H and O–H groups in total. The van der Waals surface area contributed by atoms with Crippen LogP contribution < -0.4 is 16.0 Å². The van der Waals surface area contributed by atoms with Gasteiger partial charge < -0.3 is 63.3 Å². The third-order valence-electron chi connectivity index (χ3n) is 8.21. The van der Waals surface area contributed by atoms with Crippen molar-refractivity contribution in [2.24, 2.45) is 0 Å². The van der Waals surface area contributed by atoms with Gasteiger partial charge in [0, 0.05) is 20.6 Å². The fourth-order valence-corrected chi connectivity index (χ4v) is 6.29. The number of alkyl carbamates (subject to hydrolysis) is 1. The number of fused-ring (bicyclic) bond motifs is 2. The Balaban J connectivity index is 1.44. The Kier molecular flexibility index (Phi) is 11.7. The van der Waals surface area contributed by atoms with Crippen molar-refractivity contribution in [2.45, 2.75) is 153 Å². The number of amides is 3. The maximum Gasteiger partial charge on any atom is 0.407 e. The van der Waals surface area contributed by atoms with Crippen LogP contribution in [0, 0.1) is 0 Å². The fraction of sp³-hybridized carbons (Fsp3) is 0.871. The second-order valence-electron chi connectivity index (χ2n) is 14.2. The number of ether oxygens (including phenoxy) is 10. The molecule has 4 saturated heterocycles. The van der Waals surface area contributed by atoms with E-state index in [9.17, 15) is 19.2 Å². The van der Waals surface area contributed by atoms with Crippen LogP contribution in [0.2, 0.25) is 0 Å². The van der Waals surface area contributed by atoms with Crippen molar-refractivity contribution in [3.8, 4) is 0 Å². The topological polar surface area (TPSA) is 197 Å². The molecule has 0 aliphatic carbocycles. The molecule has 17 nitrogen and oxygen atoms in total. The fourth-order valence-electron chi connectivity index (χ4n) is 6.29. The number of rotatable bonds is 12. The zero-order valence-corrected chi connectivity index (χ0v) is 29.5. The van der Waals surface area contributed by atoms with E-state index in [1.54, 1.807) is 48.5 Å². The lowest BCUT2D eigenvalue weighted by atomic mass is 9.99. The zero-order chi connectivity index (χ0) is 35.8. The van der Waals surface area contributed by atoms with E-state index in [0.29, 0.717) is 0 Å². The minimum atomic E-state index is -1.08. The standard InChI is InChI=1S/C31H51N3O14/c1-14(25(37)33-16(13-18(36)39-9)20-22(41-11)24-27(43-20)47-31(7,8)45-24)32-17(35)12-15(34-28(38)48-29(2,3)4)19-21(40-10)23-26(42-19)46-30(5,6)44-23/h14-16,19-24,26-27H,12-13H2,1-11H3,(H,32,35)(H,33,37)(H,34,38)/t14-,15+,16+,19+,20+,21-,22-,23+,24+,26+,27+/m0/s1. The van der Waals surface area contributed by atoms with Crippen molar-refractivity contribution in [1.82, 2.24) is 16.0 Å². The van der Waals surface area contributed by atoms with Gasteiger partial charge >= 0.3 is 12.1 Å². The van der Waals surface area contributed by atoms with Crippen LogP contribution in [0.3, 0.4) is 0 Å². The molecule has 274 valence electrons. The molecule has 11 atom stereocenters. The summed E-state index contributed by atoms with van der Waals surface area (Å²) in [6.45, 7) is 13.6. The summed E-state index contributed by atoms with van der Waals surface area (Å²) in [6, 6.07) is -2.97. The van der Waals surface area contributed by atoms with Crippen LogP contribution in [-0.4, -0.2) is 130 Å². The third-order valence-corrected chi connectivity index (χ3v) is 8.21. The highest BCUT2D eigenvalue weighted by Crippen LogP contribution is 2.41. The summed E-state index contributed by atoms with van der Waals surface area (Å²) in [5, 5.41) is 8.15. The summed E-state index contributed by atoms with van der Waals surface area (Å²) in [4.78, 5) is 52.0. The maximum atomic E-state index is 13.4. The summed E-state index contributed by atoms with van der Waals surface area (Å²) in [6.07, 6.45) is -7.25. The molecule has 0 aromatic carbocycles. The summed E-state index contributed by atoms with van der Waals surface area (Å²) in [7, 11) is 4.16. The Hall–Kier alpha value is -2.64. The summed E-state index contributed by atoms with van der Waals surface area (Å²) >= 11 is 0. The number of carbonyl (C=O) groups is 4. The van der Waals surface area contributed by atoms with Gasteiger partial charge in [-0.15, -0.1) is 0 Å². The van der Waals surface area contributed by atoms with Gasteiger partial charge in [0.1, 0.15) is 48.3 Å². The first-order chi connectivity index (χ1) is 22.3. The summed E-state index contributed by atoms with van der Waals surface area (Å²) < 4.78 is 57.4. The molecule has 17 heteroatoms. The number of hydrogen-bond acceptors (Lipinski definition) is 14. The molecule has 48 heavy (non-hydrogen) atoms. The number of esters is 1. The van der Waals surface area contributed by atoms with Crippen molar-refractivity contribution in [2.75, 3.05) is 21.3 Å². The van der Waals surface area contributed by atoms with E-state index in [2.05, 4.69) is 16.0 Å². The molecule has 0 radical (unpaired) electrons. The Morgan fingerprint density at radius 1 is 0.729 bits per heavy atom. The molecule has 4 rings (SSSR count). The van der Waals surface area contributed by atoms with E-state index >= 15 is 0 Å². The third kappa shape index (κ3) is 9.12. The first-order valence-electron chi connectivity index (χ1n) is 16.0. The van der Waals surface area contributed by atoms with Gasteiger partial charge in [0.2, 0.25) is 11.8 Å². The van der Waals surface area contributed by atoms with Gasteiger partial charge in [-0.05, 0) is 55.4 Å². The average Bonchev–Trinajstić information content (AvgIpc) is 3.64. The molecule has 3 amide bonds. The van der Waals surface area contributed by atoms with Crippen LogP contribution in [0.5, 0.6) is 0 Å². The van der Waals surface area contributed by atoms with Gasteiger partial charge in [0.15, 0.2) is 24.2 Å². The van der Waals surface area contributed by atoms with Crippen molar-refractivity contribution < 1.29 is 66.5 Å². The lowest BCUT2D eigenvalue weighted by Gasteiger charge is -2.32. The van der Waals surface area contributed by atoms with E-state index in [1.807, 2.05) is 0 Å². The molecule has 0 aromatic heterocycles. The number of methoxy groups -OCH3 is 3. The molecule has 4 fully saturated rings. The largest absolute Gasteiger partial charge is 0.469 e. The molecular weight excluding hydrogens is 638 g/mol. The normalized spacial score (nSPS) is 33.6. The van der Waals surface area contributed by atoms with Crippen LogP contribution >= 0.6 is 0 Å².